The van der Waals surface area contributed by atoms with Crippen molar-refractivity contribution in [2.24, 2.45) is 0 Å². The van der Waals surface area contributed by atoms with E-state index in [0.717, 1.165) is 19.4 Å². The predicted molar refractivity (Wildman–Crippen MR) is 150 cm³/mol. The van der Waals surface area contributed by atoms with Gasteiger partial charge in [-0.1, -0.05) is 103 Å². The zero-order chi connectivity index (χ0) is 25.5. The maximum atomic E-state index is 10.4. The quantitative estimate of drug-likeness (QED) is 0.176. The van der Waals surface area contributed by atoms with Crippen LogP contribution in [0, 0.1) is 0 Å². The molecule has 1 saturated heterocycles. The van der Waals surface area contributed by atoms with Crippen LogP contribution < -0.4 is 0 Å². The Hall–Kier alpha value is -0.120. The van der Waals surface area contributed by atoms with Crippen LogP contribution >= 0.6 is 0 Å². The third-order valence-electron chi connectivity index (χ3n) is 7.81. The van der Waals surface area contributed by atoms with E-state index in [0.29, 0.717) is 12.6 Å². The van der Waals surface area contributed by atoms with Crippen molar-refractivity contribution in [1.82, 2.24) is 4.90 Å². The standard InChI is InChI=1S/C31H63NO2/c1-8-9-10-11-12-13-14-15-16-17-18-19-20-21-22-23-24-34-28-25-29(2,3)32(27-31(6,7)33)30(4,5)26-28/h28,33H,8-27H2,1-7H3. The van der Waals surface area contributed by atoms with Crippen molar-refractivity contribution in [2.75, 3.05) is 13.2 Å². The highest BCUT2D eigenvalue weighted by atomic mass is 16.5. The normalized spacial score (nSPS) is 19.1. The number of hydrogen-bond donors (Lipinski definition) is 1. The largest absolute Gasteiger partial charge is 0.389 e. The summed E-state index contributed by atoms with van der Waals surface area (Å²) in [6.45, 7) is 17.0. The monoisotopic (exact) mass is 481 g/mol. The Morgan fingerprint density at radius 2 is 1.03 bits per heavy atom. The smallest absolute Gasteiger partial charge is 0.0718 e. The summed E-state index contributed by atoms with van der Waals surface area (Å²) in [6.07, 6.45) is 24.9. The molecule has 0 bridgehead atoms. The summed E-state index contributed by atoms with van der Waals surface area (Å²) in [6, 6.07) is 0. The fraction of sp³-hybridized carbons (Fsp3) is 1.00. The number of aliphatic hydroxyl groups is 1. The lowest BCUT2D eigenvalue weighted by atomic mass is 9.77. The maximum absolute atomic E-state index is 10.4. The SMILES string of the molecule is CCCCCCCCCCCCCCCCCCOC1CC(C)(C)N(CC(C)(C)O)C(C)(C)C1. The molecule has 0 saturated carbocycles. The molecule has 0 spiro atoms. The van der Waals surface area contributed by atoms with Gasteiger partial charge in [-0.2, -0.15) is 0 Å². The third-order valence-corrected chi connectivity index (χ3v) is 7.81. The Bertz CT molecular complexity index is 476. The Balaban J connectivity index is 2.01. The molecule has 1 fully saturated rings. The van der Waals surface area contributed by atoms with Gasteiger partial charge >= 0.3 is 0 Å². The zero-order valence-electron chi connectivity index (χ0n) is 24.5. The van der Waals surface area contributed by atoms with Gasteiger partial charge in [0.25, 0.3) is 0 Å². The first-order valence-corrected chi connectivity index (χ1v) is 15.1. The van der Waals surface area contributed by atoms with Crippen molar-refractivity contribution in [3.8, 4) is 0 Å². The maximum Gasteiger partial charge on any atom is 0.0718 e. The second-order valence-electron chi connectivity index (χ2n) is 13.2. The molecule has 0 aromatic rings. The number of unbranched alkanes of at least 4 members (excludes halogenated alkanes) is 15. The Morgan fingerprint density at radius 3 is 1.38 bits per heavy atom. The molecule has 3 heteroatoms. The number of nitrogens with zero attached hydrogens (tertiary/aromatic N) is 1. The average molecular weight is 482 g/mol. The van der Waals surface area contributed by atoms with Gasteiger partial charge in [-0.15, -0.1) is 0 Å². The van der Waals surface area contributed by atoms with Crippen LogP contribution in [0.2, 0.25) is 0 Å². The molecular weight excluding hydrogens is 418 g/mol. The molecule has 0 amide bonds. The van der Waals surface area contributed by atoms with Crippen LogP contribution in [0.3, 0.4) is 0 Å². The average Bonchev–Trinajstić information content (AvgIpc) is 2.72. The number of piperidine rings is 1. The Kier molecular flexibility index (Phi) is 15.6. The number of ether oxygens (including phenoxy) is 1. The molecule has 1 aliphatic heterocycles. The fourth-order valence-electron chi connectivity index (χ4n) is 6.06. The lowest BCUT2D eigenvalue weighted by Gasteiger charge is -2.56. The molecule has 1 heterocycles. The number of β-amino-alcohol motifs (C(OH)–C–C–N with tert-alkyl or cyclic N) is 1. The van der Waals surface area contributed by atoms with E-state index in [1.54, 1.807) is 0 Å². The summed E-state index contributed by atoms with van der Waals surface area (Å²) in [5.41, 5.74) is -0.585. The molecule has 34 heavy (non-hydrogen) atoms. The van der Waals surface area contributed by atoms with Crippen molar-refractivity contribution in [3.63, 3.8) is 0 Å². The van der Waals surface area contributed by atoms with E-state index >= 15 is 0 Å². The Morgan fingerprint density at radius 1 is 0.676 bits per heavy atom. The first-order chi connectivity index (χ1) is 16.0. The van der Waals surface area contributed by atoms with Crippen molar-refractivity contribution < 1.29 is 9.84 Å². The topological polar surface area (TPSA) is 32.7 Å². The third kappa shape index (κ3) is 14.4. The van der Waals surface area contributed by atoms with Gasteiger partial charge in [-0.05, 0) is 60.8 Å². The second-order valence-corrected chi connectivity index (χ2v) is 13.2. The van der Waals surface area contributed by atoms with Gasteiger partial charge in [0.15, 0.2) is 0 Å². The molecule has 0 unspecified atom stereocenters. The van der Waals surface area contributed by atoms with Crippen molar-refractivity contribution in [2.45, 2.75) is 187 Å². The molecule has 0 aliphatic carbocycles. The molecule has 0 aromatic carbocycles. The first-order valence-electron chi connectivity index (χ1n) is 15.1. The summed E-state index contributed by atoms with van der Waals surface area (Å²) in [4.78, 5) is 2.49. The minimum Gasteiger partial charge on any atom is -0.389 e. The highest BCUT2D eigenvalue weighted by Gasteiger charge is 2.46. The van der Waals surface area contributed by atoms with Crippen LogP contribution in [0.5, 0.6) is 0 Å². The summed E-state index contributed by atoms with van der Waals surface area (Å²) < 4.78 is 6.36. The van der Waals surface area contributed by atoms with Crippen LogP contribution in [0.1, 0.15) is 164 Å². The Labute approximate surface area is 214 Å². The summed E-state index contributed by atoms with van der Waals surface area (Å²) >= 11 is 0. The van der Waals surface area contributed by atoms with E-state index in [1.807, 2.05) is 13.8 Å². The summed E-state index contributed by atoms with van der Waals surface area (Å²) in [5, 5.41) is 10.4. The highest BCUT2D eigenvalue weighted by molar-refractivity contribution is 5.02. The minimum atomic E-state index is -0.671. The van der Waals surface area contributed by atoms with Gasteiger partial charge in [-0.3, -0.25) is 4.90 Å². The minimum absolute atomic E-state index is 0.0427. The van der Waals surface area contributed by atoms with Gasteiger partial charge in [0.05, 0.1) is 11.7 Å². The number of hydrogen-bond acceptors (Lipinski definition) is 3. The van der Waals surface area contributed by atoms with Crippen LogP contribution in [0.4, 0.5) is 0 Å². The molecule has 1 rings (SSSR count). The summed E-state index contributed by atoms with van der Waals surface area (Å²) in [5.74, 6) is 0. The van der Waals surface area contributed by atoms with Crippen molar-refractivity contribution in [1.29, 1.82) is 0 Å². The lowest BCUT2D eigenvalue weighted by molar-refractivity contribution is -0.127. The molecule has 0 radical (unpaired) electrons. The molecule has 0 aromatic heterocycles. The van der Waals surface area contributed by atoms with Crippen LogP contribution in [0.15, 0.2) is 0 Å². The van der Waals surface area contributed by atoms with E-state index in [2.05, 4.69) is 39.5 Å². The lowest BCUT2D eigenvalue weighted by Crippen LogP contribution is -2.64. The predicted octanol–water partition coefficient (Wildman–Crippen LogP) is 9.06. The van der Waals surface area contributed by atoms with E-state index in [9.17, 15) is 5.11 Å². The molecular formula is C31H63NO2. The molecule has 3 nitrogen and oxygen atoms in total. The van der Waals surface area contributed by atoms with Crippen LogP contribution in [-0.4, -0.2) is 45.9 Å². The van der Waals surface area contributed by atoms with E-state index in [4.69, 9.17) is 4.74 Å². The van der Waals surface area contributed by atoms with E-state index in [-0.39, 0.29) is 11.1 Å². The van der Waals surface area contributed by atoms with Crippen molar-refractivity contribution >= 4 is 0 Å². The number of likely N-dealkylation sites (tertiary alicyclic amines) is 1. The number of rotatable bonds is 20. The highest BCUT2D eigenvalue weighted by Crippen LogP contribution is 2.40. The zero-order valence-corrected chi connectivity index (χ0v) is 24.5. The van der Waals surface area contributed by atoms with Gasteiger partial charge in [0.2, 0.25) is 0 Å². The molecule has 204 valence electrons. The van der Waals surface area contributed by atoms with Gasteiger partial charge in [0, 0.05) is 24.2 Å². The van der Waals surface area contributed by atoms with Crippen LogP contribution in [-0.2, 0) is 4.74 Å². The van der Waals surface area contributed by atoms with E-state index < -0.39 is 5.60 Å². The second kappa shape index (κ2) is 16.6. The fourth-order valence-corrected chi connectivity index (χ4v) is 6.06. The first kappa shape index (κ1) is 31.9. The van der Waals surface area contributed by atoms with Crippen LogP contribution in [0.25, 0.3) is 0 Å². The molecule has 1 aliphatic rings. The van der Waals surface area contributed by atoms with Gasteiger partial charge in [-0.25, -0.2) is 0 Å². The van der Waals surface area contributed by atoms with E-state index in [1.165, 1.54) is 103 Å². The summed E-state index contributed by atoms with van der Waals surface area (Å²) in [7, 11) is 0. The van der Waals surface area contributed by atoms with Gasteiger partial charge in [0.1, 0.15) is 0 Å². The van der Waals surface area contributed by atoms with Crippen molar-refractivity contribution in [3.05, 3.63) is 0 Å². The van der Waals surface area contributed by atoms with Gasteiger partial charge < -0.3 is 9.84 Å². The molecule has 0 atom stereocenters. The molecule has 1 N–H and O–H groups in total.